The van der Waals surface area contributed by atoms with Crippen molar-refractivity contribution in [2.45, 2.75) is 13.3 Å². The van der Waals surface area contributed by atoms with E-state index < -0.39 is 0 Å². The van der Waals surface area contributed by atoms with Gasteiger partial charge in [-0.2, -0.15) is 0 Å². The number of hydrogen-bond donors (Lipinski definition) is 1. The molecule has 5 heteroatoms. The minimum atomic E-state index is -0.282. The number of fused-ring (bicyclic) bond motifs is 1. The molecule has 4 nitrogen and oxygen atoms in total. The molecule has 1 aromatic carbocycles. The second-order valence-corrected chi connectivity index (χ2v) is 4.75. The largest absolute Gasteiger partial charge is 0.374 e. The summed E-state index contributed by atoms with van der Waals surface area (Å²) in [6.07, 6.45) is 2.53. The molecule has 0 saturated carbocycles. The molecule has 0 atom stereocenters. The lowest BCUT2D eigenvalue weighted by molar-refractivity contribution is -0.118. The zero-order chi connectivity index (χ0) is 14.5. The van der Waals surface area contributed by atoms with Crippen LogP contribution in [0.25, 0.3) is 10.9 Å². The van der Waals surface area contributed by atoms with Crippen LogP contribution in [0.3, 0.4) is 0 Å². The van der Waals surface area contributed by atoms with Crippen molar-refractivity contribution in [3.8, 4) is 0 Å². The van der Waals surface area contributed by atoms with Gasteiger partial charge >= 0.3 is 0 Å². The minimum Gasteiger partial charge on any atom is -0.374 e. The first kappa shape index (κ1) is 14.2. The average Bonchev–Trinajstić information content (AvgIpc) is 2.42. The van der Waals surface area contributed by atoms with Crippen LogP contribution < -0.4 is 10.2 Å². The quantitative estimate of drug-likeness (QED) is 0.852. The number of nitrogens with one attached hydrogen (secondary N) is 1. The molecule has 0 aliphatic rings. The molecule has 1 heterocycles. The first-order chi connectivity index (χ1) is 9.58. The predicted molar refractivity (Wildman–Crippen MR) is 78.3 cm³/mol. The van der Waals surface area contributed by atoms with E-state index in [1.54, 1.807) is 12.3 Å². The van der Waals surface area contributed by atoms with Crippen LogP contribution in [-0.4, -0.2) is 31.0 Å². The molecule has 0 bridgehead atoms. The van der Waals surface area contributed by atoms with Gasteiger partial charge in [0.25, 0.3) is 0 Å². The van der Waals surface area contributed by atoms with Crippen LogP contribution in [0.2, 0.25) is 0 Å². The Morgan fingerprint density at radius 2 is 2.20 bits per heavy atom. The number of aromatic nitrogens is 1. The van der Waals surface area contributed by atoms with Crippen molar-refractivity contribution >= 4 is 22.5 Å². The van der Waals surface area contributed by atoms with Gasteiger partial charge in [0.1, 0.15) is 5.82 Å². The summed E-state index contributed by atoms with van der Waals surface area (Å²) in [7, 11) is 1.98. The van der Waals surface area contributed by atoms with E-state index in [1.807, 2.05) is 13.1 Å². The third-order valence-electron chi connectivity index (χ3n) is 3.14. The van der Waals surface area contributed by atoms with Gasteiger partial charge in [-0.05, 0) is 24.6 Å². The number of pyridine rings is 1. The second-order valence-electron chi connectivity index (χ2n) is 4.75. The van der Waals surface area contributed by atoms with Crippen molar-refractivity contribution in [1.82, 2.24) is 10.3 Å². The number of nitrogens with zero attached hydrogens (tertiary/aromatic N) is 2. The SMILES string of the molecule is CC(=O)NCCCN(C)c1ccnc2cc(F)ccc12. The van der Waals surface area contributed by atoms with Crippen LogP contribution in [-0.2, 0) is 4.79 Å². The molecule has 1 amide bonds. The molecule has 2 rings (SSSR count). The maximum atomic E-state index is 13.2. The molecule has 1 N–H and O–H groups in total. The van der Waals surface area contributed by atoms with Crippen LogP contribution >= 0.6 is 0 Å². The molecule has 0 unspecified atom stereocenters. The van der Waals surface area contributed by atoms with Crippen LogP contribution in [0.4, 0.5) is 10.1 Å². The number of anilines is 1. The molecule has 2 aromatic rings. The summed E-state index contributed by atoms with van der Waals surface area (Å²) >= 11 is 0. The monoisotopic (exact) mass is 275 g/mol. The fraction of sp³-hybridized carbons (Fsp3) is 0.333. The summed E-state index contributed by atoms with van der Waals surface area (Å²) in [5.41, 5.74) is 1.66. The van der Waals surface area contributed by atoms with Crippen molar-refractivity contribution in [3.63, 3.8) is 0 Å². The highest BCUT2D eigenvalue weighted by Gasteiger charge is 2.07. The Bertz CT molecular complexity index is 615. The first-order valence-electron chi connectivity index (χ1n) is 6.58. The van der Waals surface area contributed by atoms with E-state index in [0.29, 0.717) is 12.1 Å². The molecule has 106 valence electrons. The predicted octanol–water partition coefficient (Wildman–Crippen LogP) is 2.34. The standard InChI is InChI=1S/C15H18FN3O/c1-11(20)17-7-3-9-19(2)15-6-8-18-14-10-12(16)4-5-13(14)15/h4-6,8,10H,3,7,9H2,1-2H3,(H,17,20). The second kappa shape index (κ2) is 6.32. The maximum Gasteiger partial charge on any atom is 0.216 e. The number of benzene rings is 1. The average molecular weight is 275 g/mol. The van der Waals surface area contributed by atoms with Crippen molar-refractivity contribution in [3.05, 3.63) is 36.3 Å². The normalized spacial score (nSPS) is 10.6. The van der Waals surface area contributed by atoms with Crippen molar-refractivity contribution in [2.24, 2.45) is 0 Å². The molecule has 0 radical (unpaired) electrons. The fourth-order valence-corrected chi connectivity index (χ4v) is 2.14. The number of rotatable bonds is 5. The Hall–Kier alpha value is -2.17. The van der Waals surface area contributed by atoms with Crippen molar-refractivity contribution < 1.29 is 9.18 Å². The number of halogens is 1. The molecule has 1 aromatic heterocycles. The van der Waals surface area contributed by atoms with E-state index in [2.05, 4.69) is 15.2 Å². The number of amides is 1. The van der Waals surface area contributed by atoms with E-state index in [1.165, 1.54) is 19.1 Å². The lowest BCUT2D eigenvalue weighted by Crippen LogP contribution is -2.26. The van der Waals surface area contributed by atoms with Crippen LogP contribution in [0.1, 0.15) is 13.3 Å². The van der Waals surface area contributed by atoms with Crippen molar-refractivity contribution in [2.75, 3.05) is 25.0 Å². The van der Waals surface area contributed by atoms with Gasteiger partial charge in [-0.3, -0.25) is 9.78 Å². The lowest BCUT2D eigenvalue weighted by Gasteiger charge is -2.21. The summed E-state index contributed by atoms with van der Waals surface area (Å²) in [4.78, 5) is 17.1. The molecule has 0 saturated heterocycles. The summed E-state index contributed by atoms with van der Waals surface area (Å²) in [5, 5.41) is 3.70. The summed E-state index contributed by atoms with van der Waals surface area (Å²) < 4.78 is 13.2. The highest BCUT2D eigenvalue weighted by molar-refractivity contribution is 5.91. The highest BCUT2D eigenvalue weighted by Crippen LogP contribution is 2.24. The van der Waals surface area contributed by atoms with Crippen LogP contribution in [0.15, 0.2) is 30.5 Å². The van der Waals surface area contributed by atoms with Gasteiger partial charge in [-0.25, -0.2) is 4.39 Å². The third-order valence-corrected chi connectivity index (χ3v) is 3.14. The Labute approximate surface area is 117 Å². The van der Waals surface area contributed by atoms with Gasteiger partial charge in [0.15, 0.2) is 0 Å². The first-order valence-corrected chi connectivity index (χ1v) is 6.58. The zero-order valence-corrected chi connectivity index (χ0v) is 11.7. The molecule has 0 aliphatic heterocycles. The van der Waals surface area contributed by atoms with E-state index in [9.17, 15) is 9.18 Å². The van der Waals surface area contributed by atoms with E-state index in [-0.39, 0.29) is 11.7 Å². The number of carbonyl (C=O) groups excluding carboxylic acids is 1. The summed E-state index contributed by atoms with van der Waals surface area (Å²) in [6, 6.07) is 6.54. The Kier molecular flexibility index (Phi) is 4.50. The number of carbonyl (C=O) groups is 1. The van der Waals surface area contributed by atoms with E-state index in [4.69, 9.17) is 0 Å². The summed E-state index contributed by atoms with van der Waals surface area (Å²) in [6.45, 7) is 2.96. The maximum absolute atomic E-state index is 13.2. The Morgan fingerprint density at radius 1 is 1.40 bits per heavy atom. The molecular formula is C15H18FN3O. The van der Waals surface area contributed by atoms with E-state index >= 15 is 0 Å². The Balaban J connectivity index is 2.09. The fourth-order valence-electron chi connectivity index (χ4n) is 2.14. The number of hydrogen-bond acceptors (Lipinski definition) is 3. The molecule has 20 heavy (non-hydrogen) atoms. The van der Waals surface area contributed by atoms with E-state index in [0.717, 1.165) is 24.0 Å². The topological polar surface area (TPSA) is 45.2 Å². The van der Waals surface area contributed by atoms with Gasteiger partial charge in [-0.1, -0.05) is 0 Å². The smallest absolute Gasteiger partial charge is 0.216 e. The zero-order valence-electron chi connectivity index (χ0n) is 11.7. The van der Waals surface area contributed by atoms with Gasteiger partial charge in [0.05, 0.1) is 5.52 Å². The lowest BCUT2D eigenvalue weighted by atomic mass is 10.1. The summed E-state index contributed by atoms with van der Waals surface area (Å²) in [5.74, 6) is -0.298. The van der Waals surface area contributed by atoms with Gasteiger partial charge in [0, 0.05) is 50.4 Å². The third kappa shape index (κ3) is 3.44. The highest BCUT2D eigenvalue weighted by atomic mass is 19.1. The van der Waals surface area contributed by atoms with Crippen LogP contribution in [0.5, 0.6) is 0 Å². The van der Waals surface area contributed by atoms with Gasteiger partial charge in [-0.15, -0.1) is 0 Å². The Morgan fingerprint density at radius 3 is 2.95 bits per heavy atom. The van der Waals surface area contributed by atoms with Crippen molar-refractivity contribution in [1.29, 1.82) is 0 Å². The molecule has 0 spiro atoms. The van der Waals surface area contributed by atoms with Gasteiger partial charge < -0.3 is 10.2 Å². The molecule has 0 fully saturated rings. The molecule has 0 aliphatic carbocycles. The van der Waals surface area contributed by atoms with Gasteiger partial charge in [0.2, 0.25) is 5.91 Å². The molecular weight excluding hydrogens is 257 g/mol. The van der Waals surface area contributed by atoms with Crippen LogP contribution in [0, 0.1) is 5.82 Å². The minimum absolute atomic E-state index is 0.0162.